The molecule has 10 heavy (non-hydrogen) atoms. The average Bonchev–Trinajstić information content (AvgIpc) is 1.59. The fraction of sp³-hybridized carbons (Fsp3) is 0.833. The number of ether oxygens (including phenoxy) is 2. The molecule has 0 saturated heterocycles. The van der Waals surface area contributed by atoms with Crippen molar-refractivity contribution in [1.82, 2.24) is 5.73 Å². The molecule has 4 nitrogen and oxygen atoms in total. The van der Waals surface area contributed by atoms with Gasteiger partial charge >= 0.3 is 6.16 Å². The van der Waals surface area contributed by atoms with Crippen molar-refractivity contribution in [3.05, 3.63) is 0 Å². The number of hydrogen-bond donors (Lipinski definition) is 0. The van der Waals surface area contributed by atoms with Crippen LogP contribution in [0.5, 0.6) is 0 Å². The Morgan fingerprint density at radius 2 is 2.00 bits per heavy atom. The third-order valence-corrected chi connectivity index (χ3v) is 0.580. The summed E-state index contributed by atoms with van der Waals surface area (Å²) in [5, 5.41) is 0. The molecule has 0 aromatic heterocycles. The van der Waals surface area contributed by atoms with E-state index in [4.69, 9.17) is 10.5 Å². The second kappa shape index (κ2) is 3.41. The third-order valence-electron chi connectivity index (χ3n) is 0.580. The van der Waals surface area contributed by atoms with Crippen LogP contribution >= 0.6 is 0 Å². The first-order chi connectivity index (χ1) is 4.45. The van der Waals surface area contributed by atoms with Crippen LogP contribution < -0.4 is 5.73 Å². The van der Waals surface area contributed by atoms with E-state index in [0.717, 1.165) is 0 Å². The van der Waals surface area contributed by atoms with Crippen molar-refractivity contribution in [2.45, 2.75) is 26.4 Å². The van der Waals surface area contributed by atoms with Crippen molar-refractivity contribution in [3.8, 4) is 0 Å². The molecule has 0 saturated carbocycles. The Balaban J connectivity index is 3.58. The fourth-order valence-electron chi connectivity index (χ4n) is 0.338. The van der Waals surface area contributed by atoms with Crippen LogP contribution in [0.2, 0.25) is 0 Å². The molecule has 0 aromatic rings. The lowest BCUT2D eigenvalue weighted by molar-refractivity contribution is -0.00677. The minimum atomic E-state index is -0.789. The number of nitrogens with one attached hydrogen (secondary N) is 1. The van der Waals surface area contributed by atoms with E-state index in [-0.39, 0.29) is 0 Å². The first kappa shape index (κ1) is 9.23. The quantitative estimate of drug-likeness (QED) is 0.522. The number of carbonyl (C=O) groups excluding carboxylic acids is 1. The van der Waals surface area contributed by atoms with Crippen molar-refractivity contribution >= 4 is 6.16 Å². The fourth-order valence-corrected chi connectivity index (χ4v) is 0.338. The predicted octanol–water partition coefficient (Wildman–Crippen LogP) is 1.18. The minimum Gasteiger partial charge on any atom is -0.429 e. The lowest BCUT2D eigenvalue weighted by Crippen LogP contribution is -2.24. The number of rotatable bonds is 1. The van der Waals surface area contributed by atoms with Crippen LogP contribution in [0.3, 0.4) is 0 Å². The maximum absolute atomic E-state index is 10.5. The molecule has 0 aliphatic carbocycles. The molecule has 0 spiro atoms. The third kappa shape index (κ3) is 5.37. The molecule has 4 heteroatoms. The molecule has 1 N–H and O–H groups in total. The Morgan fingerprint density at radius 1 is 1.50 bits per heavy atom. The van der Waals surface area contributed by atoms with Gasteiger partial charge in [-0.05, 0) is 20.8 Å². The molecular weight excluding hydrogens is 134 g/mol. The summed E-state index contributed by atoms with van der Waals surface area (Å²) in [4.78, 5) is 10.5. The molecule has 0 atom stereocenters. The van der Waals surface area contributed by atoms with E-state index in [1.54, 1.807) is 20.8 Å². The monoisotopic (exact) mass is 146 g/mol. The minimum absolute atomic E-state index is 0.394. The van der Waals surface area contributed by atoms with Gasteiger partial charge in [-0.3, -0.25) is 0 Å². The molecule has 0 aromatic carbocycles. The van der Waals surface area contributed by atoms with Crippen LogP contribution in [-0.2, 0) is 9.47 Å². The van der Waals surface area contributed by atoms with Crippen LogP contribution in [0.15, 0.2) is 0 Å². The van der Waals surface area contributed by atoms with Gasteiger partial charge in [-0.2, -0.15) is 0 Å². The van der Waals surface area contributed by atoms with Gasteiger partial charge in [0, 0.05) is 0 Å². The zero-order valence-corrected chi connectivity index (χ0v) is 6.43. The molecule has 0 amide bonds. The van der Waals surface area contributed by atoms with E-state index in [2.05, 4.69) is 4.74 Å². The zero-order chi connectivity index (χ0) is 8.20. The molecule has 59 valence electrons. The Bertz CT molecular complexity index is 117. The molecule has 0 aliphatic rings. The van der Waals surface area contributed by atoms with E-state index < -0.39 is 18.5 Å². The normalized spacial score (nSPS) is 10.8. The number of carbonyl (C=O) groups is 1. The largest absolute Gasteiger partial charge is 0.510 e. The summed E-state index contributed by atoms with van der Waals surface area (Å²) in [5.74, 6) is 0. The maximum Gasteiger partial charge on any atom is 0.510 e. The summed E-state index contributed by atoms with van der Waals surface area (Å²) in [6, 6.07) is 0. The Morgan fingerprint density at radius 3 is 2.30 bits per heavy atom. The Hall–Kier alpha value is -0.770. The summed E-state index contributed by atoms with van der Waals surface area (Å²) < 4.78 is 8.92. The molecule has 0 unspecified atom stereocenters. The second-order valence-electron chi connectivity index (χ2n) is 2.75. The molecule has 1 radical (unpaired) electrons. The smallest absolute Gasteiger partial charge is 0.429 e. The van der Waals surface area contributed by atoms with Crippen molar-refractivity contribution < 1.29 is 14.3 Å². The van der Waals surface area contributed by atoms with Crippen LogP contribution in [-0.4, -0.2) is 18.5 Å². The Kier molecular flexibility index (Phi) is 3.15. The highest BCUT2D eigenvalue weighted by Crippen LogP contribution is 2.07. The highest BCUT2D eigenvalue weighted by Gasteiger charge is 2.16. The molecule has 0 fully saturated rings. The van der Waals surface area contributed by atoms with Gasteiger partial charge in [0.2, 0.25) is 0 Å². The van der Waals surface area contributed by atoms with Gasteiger partial charge in [0.1, 0.15) is 5.60 Å². The van der Waals surface area contributed by atoms with E-state index in [1.807, 2.05) is 0 Å². The van der Waals surface area contributed by atoms with Gasteiger partial charge in [0.15, 0.2) is 6.73 Å². The van der Waals surface area contributed by atoms with Crippen molar-refractivity contribution in [3.63, 3.8) is 0 Å². The summed E-state index contributed by atoms with van der Waals surface area (Å²) in [6.45, 7) is 4.81. The lowest BCUT2D eigenvalue weighted by atomic mass is 10.2. The second-order valence-corrected chi connectivity index (χ2v) is 2.75. The standard InChI is InChI=1S/C6H12NO3/c1-6(2,3)10-5(8)9-4-7/h7H,4H2,1-3H3. The van der Waals surface area contributed by atoms with E-state index >= 15 is 0 Å². The highest BCUT2D eigenvalue weighted by molar-refractivity contribution is 5.60. The molecule has 0 aliphatic heterocycles. The summed E-state index contributed by atoms with van der Waals surface area (Å²) in [7, 11) is 0. The van der Waals surface area contributed by atoms with E-state index in [1.165, 1.54) is 0 Å². The summed E-state index contributed by atoms with van der Waals surface area (Å²) in [5.41, 5.74) is 5.98. The van der Waals surface area contributed by atoms with Gasteiger partial charge in [0.25, 0.3) is 0 Å². The van der Waals surface area contributed by atoms with Crippen LogP contribution in [0.1, 0.15) is 20.8 Å². The summed E-state index contributed by atoms with van der Waals surface area (Å²) in [6.07, 6.45) is -0.789. The molecule has 0 heterocycles. The van der Waals surface area contributed by atoms with Gasteiger partial charge in [-0.15, -0.1) is 0 Å². The number of hydrogen-bond acceptors (Lipinski definition) is 3. The summed E-state index contributed by atoms with van der Waals surface area (Å²) >= 11 is 0. The predicted molar refractivity (Wildman–Crippen MR) is 35.3 cm³/mol. The van der Waals surface area contributed by atoms with E-state index in [9.17, 15) is 4.79 Å². The van der Waals surface area contributed by atoms with Crippen LogP contribution in [0.4, 0.5) is 4.79 Å². The topological polar surface area (TPSA) is 59.3 Å². The highest BCUT2D eigenvalue weighted by atomic mass is 16.7. The van der Waals surface area contributed by atoms with Gasteiger partial charge in [-0.1, -0.05) is 0 Å². The van der Waals surface area contributed by atoms with Crippen molar-refractivity contribution in [1.29, 1.82) is 0 Å². The first-order valence-corrected chi connectivity index (χ1v) is 2.96. The van der Waals surface area contributed by atoms with Crippen LogP contribution in [0, 0.1) is 0 Å². The van der Waals surface area contributed by atoms with Gasteiger partial charge in [0.05, 0.1) is 0 Å². The molecule has 0 rings (SSSR count). The SMILES string of the molecule is CC(C)(C)OC(=O)OC[NH]. The van der Waals surface area contributed by atoms with Gasteiger partial charge in [-0.25, -0.2) is 10.5 Å². The van der Waals surface area contributed by atoms with Crippen molar-refractivity contribution in [2.24, 2.45) is 0 Å². The maximum atomic E-state index is 10.5. The lowest BCUT2D eigenvalue weighted by Gasteiger charge is -2.17. The van der Waals surface area contributed by atoms with Crippen molar-refractivity contribution in [2.75, 3.05) is 6.73 Å². The average molecular weight is 146 g/mol. The van der Waals surface area contributed by atoms with Crippen LogP contribution in [0.25, 0.3) is 0 Å². The first-order valence-electron chi connectivity index (χ1n) is 2.96. The zero-order valence-electron chi connectivity index (χ0n) is 6.43. The van der Waals surface area contributed by atoms with E-state index in [0.29, 0.717) is 0 Å². The van der Waals surface area contributed by atoms with Gasteiger partial charge < -0.3 is 9.47 Å². The molecule has 0 bridgehead atoms. The molecular formula is C6H12NO3. The Labute approximate surface area is 60.3 Å².